The second-order valence-corrected chi connectivity index (χ2v) is 6.10. The minimum absolute atomic E-state index is 0.570. The molecule has 0 aromatic heterocycles. The van der Waals surface area contributed by atoms with Crippen molar-refractivity contribution in [2.45, 2.75) is 33.2 Å². The van der Waals surface area contributed by atoms with Gasteiger partial charge in [-0.05, 0) is 48.9 Å². The Labute approximate surface area is 123 Å². The highest BCUT2D eigenvalue weighted by Crippen LogP contribution is 2.22. The minimum Gasteiger partial charge on any atom is -0.494 e. The van der Waals surface area contributed by atoms with Crippen molar-refractivity contribution in [1.82, 2.24) is 4.90 Å². The third-order valence-electron chi connectivity index (χ3n) is 4.44. The van der Waals surface area contributed by atoms with Gasteiger partial charge in [0.25, 0.3) is 0 Å². The Morgan fingerprint density at radius 3 is 2.90 bits per heavy atom. The van der Waals surface area contributed by atoms with E-state index in [0.717, 1.165) is 42.7 Å². The van der Waals surface area contributed by atoms with Crippen LogP contribution in [-0.4, -0.2) is 31.1 Å². The van der Waals surface area contributed by atoms with Crippen molar-refractivity contribution in [2.24, 2.45) is 17.6 Å². The molecule has 1 aliphatic rings. The quantitative estimate of drug-likeness (QED) is 0.812. The Balaban J connectivity index is 1.66. The van der Waals surface area contributed by atoms with E-state index in [1.54, 1.807) is 0 Å². The third kappa shape index (κ3) is 4.50. The van der Waals surface area contributed by atoms with Crippen LogP contribution in [0.3, 0.4) is 0 Å². The summed E-state index contributed by atoms with van der Waals surface area (Å²) in [7, 11) is 0. The predicted octanol–water partition coefficient (Wildman–Crippen LogP) is 2.89. The van der Waals surface area contributed by atoms with Crippen LogP contribution in [0.2, 0.25) is 0 Å². The first-order chi connectivity index (χ1) is 9.69. The molecule has 1 aromatic rings. The van der Waals surface area contributed by atoms with Gasteiger partial charge in [-0.2, -0.15) is 0 Å². The molecule has 0 spiro atoms. The zero-order chi connectivity index (χ0) is 14.4. The molecule has 0 bridgehead atoms. The van der Waals surface area contributed by atoms with Gasteiger partial charge < -0.3 is 15.4 Å². The number of hydrogen-bond donors (Lipinski definition) is 1. The van der Waals surface area contributed by atoms with Gasteiger partial charge in [-0.1, -0.05) is 26.0 Å². The average Bonchev–Trinajstić information content (AvgIpc) is 2.47. The molecule has 1 saturated heterocycles. The van der Waals surface area contributed by atoms with Crippen LogP contribution in [0, 0.1) is 11.8 Å². The van der Waals surface area contributed by atoms with Crippen LogP contribution in [0.1, 0.15) is 32.3 Å². The van der Waals surface area contributed by atoms with E-state index in [2.05, 4.69) is 18.7 Å². The van der Waals surface area contributed by atoms with Crippen molar-refractivity contribution in [3.05, 3.63) is 29.8 Å². The molecule has 112 valence electrons. The lowest BCUT2D eigenvalue weighted by Gasteiger charge is -2.35. The van der Waals surface area contributed by atoms with Crippen LogP contribution in [0.4, 0.5) is 0 Å². The van der Waals surface area contributed by atoms with E-state index in [1.807, 2.05) is 24.3 Å². The smallest absolute Gasteiger partial charge is 0.119 e. The molecular formula is C17H28N2O. The molecule has 1 aromatic carbocycles. The SMILES string of the molecule is CC1CCN(CCCOc2cccc(CN)c2)CC1C. The highest BCUT2D eigenvalue weighted by molar-refractivity contribution is 5.28. The van der Waals surface area contributed by atoms with Crippen molar-refractivity contribution in [3.8, 4) is 5.75 Å². The number of piperidine rings is 1. The molecule has 0 aliphatic carbocycles. The maximum atomic E-state index is 5.81. The highest BCUT2D eigenvalue weighted by Gasteiger charge is 2.21. The van der Waals surface area contributed by atoms with E-state index in [1.165, 1.54) is 19.5 Å². The molecule has 2 N–H and O–H groups in total. The average molecular weight is 276 g/mol. The van der Waals surface area contributed by atoms with E-state index in [9.17, 15) is 0 Å². The monoisotopic (exact) mass is 276 g/mol. The van der Waals surface area contributed by atoms with Gasteiger partial charge >= 0.3 is 0 Å². The summed E-state index contributed by atoms with van der Waals surface area (Å²) in [6.45, 7) is 9.72. The number of hydrogen-bond acceptors (Lipinski definition) is 3. The van der Waals surface area contributed by atoms with Crippen molar-refractivity contribution in [2.75, 3.05) is 26.2 Å². The lowest BCUT2D eigenvalue weighted by Crippen LogP contribution is -2.39. The Bertz CT molecular complexity index is 408. The topological polar surface area (TPSA) is 38.5 Å². The first kappa shape index (κ1) is 15.3. The number of nitrogens with zero attached hydrogens (tertiary/aromatic N) is 1. The zero-order valence-corrected chi connectivity index (χ0v) is 12.8. The molecule has 0 saturated carbocycles. The van der Waals surface area contributed by atoms with Crippen molar-refractivity contribution >= 4 is 0 Å². The van der Waals surface area contributed by atoms with Crippen molar-refractivity contribution < 1.29 is 4.74 Å². The Morgan fingerprint density at radius 1 is 1.30 bits per heavy atom. The Kier molecular flexibility index (Phi) is 5.86. The summed E-state index contributed by atoms with van der Waals surface area (Å²) in [5, 5.41) is 0. The first-order valence-corrected chi connectivity index (χ1v) is 7.83. The van der Waals surface area contributed by atoms with Crippen molar-refractivity contribution in [3.63, 3.8) is 0 Å². The summed E-state index contributed by atoms with van der Waals surface area (Å²) >= 11 is 0. The summed E-state index contributed by atoms with van der Waals surface area (Å²) < 4.78 is 5.81. The summed E-state index contributed by atoms with van der Waals surface area (Å²) in [4.78, 5) is 2.57. The number of benzene rings is 1. The van der Waals surface area contributed by atoms with E-state index in [4.69, 9.17) is 10.5 Å². The number of likely N-dealkylation sites (tertiary alicyclic amines) is 1. The number of rotatable bonds is 6. The van der Waals surface area contributed by atoms with Crippen LogP contribution in [0.15, 0.2) is 24.3 Å². The second-order valence-electron chi connectivity index (χ2n) is 6.10. The van der Waals surface area contributed by atoms with Gasteiger partial charge in [-0.15, -0.1) is 0 Å². The van der Waals surface area contributed by atoms with Gasteiger partial charge in [-0.25, -0.2) is 0 Å². The second kappa shape index (κ2) is 7.65. The normalized spacial score (nSPS) is 23.8. The Morgan fingerprint density at radius 2 is 2.15 bits per heavy atom. The third-order valence-corrected chi connectivity index (χ3v) is 4.44. The number of nitrogens with two attached hydrogens (primary N) is 1. The fourth-order valence-electron chi connectivity index (χ4n) is 2.79. The summed E-state index contributed by atoms with van der Waals surface area (Å²) in [6.07, 6.45) is 2.43. The van der Waals surface area contributed by atoms with Crippen LogP contribution >= 0.6 is 0 Å². The van der Waals surface area contributed by atoms with Crippen LogP contribution in [-0.2, 0) is 6.54 Å². The standard InChI is InChI=1S/C17H28N2O/c1-14-7-9-19(13-15(14)2)8-4-10-20-17-6-3-5-16(11-17)12-18/h3,5-6,11,14-15H,4,7-10,12-13,18H2,1-2H3. The molecule has 0 radical (unpaired) electrons. The predicted molar refractivity (Wildman–Crippen MR) is 83.8 cm³/mol. The molecule has 2 unspecified atom stereocenters. The maximum absolute atomic E-state index is 5.81. The van der Waals surface area contributed by atoms with Gasteiger partial charge in [-0.3, -0.25) is 0 Å². The minimum atomic E-state index is 0.570. The van der Waals surface area contributed by atoms with Gasteiger partial charge in [0.2, 0.25) is 0 Å². The van der Waals surface area contributed by atoms with Crippen molar-refractivity contribution in [1.29, 1.82) is 0 Å². The maximum Gasteiger partial charge on any atom is 0.119 e. The van der Waals surface area contributed by atoms with Gasteiger partial charge in [0.15, 0.2) is 0 Å². The summed E-state index contributed by atoms with van der Waals surface area (Å²) in [6, 6.07) is 8.07. The molecule has 3 heteroatoms. The molecule has 1 fully saturated rings. The molecule has 0 amide bonds. The van der Waals surface area contributed by atoms with Crippen LogP contribution < -0.4 is 10.5 Å². The Hall–Kier alpha value is -1.06. The van der Waals surface area contributed by atoms with Gasteiger partial charge in [0.1, 0.15) is 5.75 Å². The zero-order valence-electron chi connectivity index (χ0n) is 12.8. The molecule has 1 aliphatic heterocycles. The molecule has 2 rings (SSSR count). The van der Waals surface area contributed by atoms with Crippen LogP contribution in [0.25, 0.3) is 0 Å². The highest BCUT2D eigenvalue weighted by atomic mass is 16.5. The van der Waals surface area contributed by atoms with E-state index in [-0.39, 0.29) is 0 Å². The molecule has 2 atom stereocenters. The molecule has 1 heterocycles. The van der Waals surface area contributed by atoms with E-state index >= 15 is 0 Å². The fraction of sp³-hybridized carbons (Fsp3) is 0.647. The number of ether oxygens (including phenoxy) is 1. The van der Waals surface area contributed by atoms with E-state index < -0.39 is 0 Å². The summed E-state index contributed by atoms with van der Waals surface area (Å²) in [5.41, 5.74) is 6.76. The lowest BCUT2D eigenvalue weighted by molar-refractivity contribution is 0.130. The van der Waals surface area contributed by atoms with Crippen LogP contribution in [0.5, 0.6) is 5.75 Å². The van der Waals surface area contributed by atoms with Gasteiger partial charge in [0.05, 0.1) is 6.61 Å². The first-order valence-electron chi connectivity index (χ1n) is 7.83. The van der Waals surface area contributed by atoms with E-state index in [0.29, 0.717) is 6.54 Å². The van der Waals surface area contributed by atoms with Gasteiger partial charge in [0, 0.05) is 19.6 Å². The molecule has 3 nitrogen and oxygen atoms in total. The fourth-order valence-corrected chi connectivity index (χ4v) is 2.79. The molecule has 20 heavy (non-hydrogen) atoms. The lowest BCUT2D eigenvalue weighted by atomic mass is 9.89. The summed E-state index contributed by atoms with van der Waals surface area (Å²) in [5.74, 6) is 2.64. The largest absolute Gasteiger partial charge is 0.494 e. The molecular weight excluding hydrogens is 248 g/mol.